The highest BCUT2D eigenvalue weighted by Gasteiger charge is 2.19. The van der Waals surface area contributed by atoms with Crippen molar-refractivity contribution >= 4 is 57.3 Å². The fourth-order valence-corrected chi connectivity index (χ4v) is 5.36. The van der Waals surface area contributed by atoms with E-state index in [4.69, 9.17) is 32.7 Å². The van der Waals surface area contributed by atoms with Crippen LogP contribution in [-0.4, -0.2) is 19.2 Å². The molecule has 1 aromatic heterocycles. The van der Waals surface area contributed by atoms with Crippen molar-refractivity contribution in [1.82, 2.24) is 4.98 Å². The van der Waals surface area contributed by atoms with Crippen LogP contribution in [0.4, 0.5) is 15.2 Å². The third kappa shape index (κ3) is 6.52. The number of hydrogen-bond donors (Lipinski definition) is 1. The maximum Gasteiger partial charge on any atom is 0.195 e. The van der Waals surface area contributed by atoms with Gasteiger partial charge in [-0.05, 0) is 53.9 Å². The monoisotopic (exact) mass is 549 g/mol. The minimum absolute atomic E-state index is 0.384. The number of ether oxygens (including phenoxy) is 2. The van der Waals surface area contributed by atoms with Crippen LogP contribution in [0, 0.1) is 5.82 Å². The van der Waals surface area contributed by atoms with E-state index in [1.165, 1.54) is 29.4 Å². The van der Waals surface area contributed by atoms with Crippen molar-refractivity contribution in [3.05, 3.63) is 93.2 Å². The van der Waals surface area contributed by atoms with Gasteiger partial charge in [0.05, 0.1) is 36.4 Å². The van der Waals surface area contributed by atoms with Crippen molar-refractivity contribution in [3.63, 3.8) is 0 Å². The topological polar surface area (TPSA) is 46.6 Å². The first-order valence-corrected chi connectivity index (χ1v) is 12.9. The highest BCUT2D eigenvalue weighted by molar-refractivity contribution is 8.00. The summed E-state index contributed by atoms with van der Waals surface area (Å²) in [5.74, 6) is 0.978. The van der Waals surface area contributed by atoms with E-state index in [9.17, 15) is 0 Å². The van der Waals surface area contributed by atoms with E-state index in [0.29, 0.717) is 45.2 Å². The van der Waals surface area contributed by atoms with Crippen molar-refractivity contribution in [2.75, 3.05) is 23.8 Å². The SMILES string of the molecule is COc1ccc(CN(Sc2cc(Cl)c(NCc3ccc(Cl)cc3)cc2F)c2nccs2)c(OC)c1. The molecule has 0 aliphatic heterocycles. The molecule has 35 heavy (non-hydrogen) atoms. The molecule has 0 fully saturated rings. The smallest absolute Gasteiger partial charge is 0.195 e. The second-order valence-electron chi connectivity index (χ2n) is 7.36. The summed E-state index contributed by atoms with van der Waals surface area (Å²) in [6.45, 7) is 0.921. The summed E-state index contributed by atoms with van der Waals surface area (Å²) < 4.78 is 27.9. The number of thiazole rings is 1. The number of nitrogens with zero attached hydrogens (tertiary/aromatic N) is 2. The maximum atomic E-state index is 15.2. The van der Waals surface area contributed by atoms with Gasteiger partial charge in [0.25, 0.3) is 0 Å². The number of hydrogen-bond acceptors (Lipinski definition) is 7. The van der Waals surface area contributed by atoms with Gasteiger partial charge in [-0.3, -0.25) is 4.31 Å². The molecule has 0 spiro atoms. The molecule has 0 bridgehead atoms. The first kappa shape index (κ1) is 25.4. The third-order valence-electron chi connectivity index (χ3n) is 5.07. The van der Waals surface area contributed by atoms with Gasteiger partial charge in [-0.15, -0.1) is 11.3 Å². The summed E-state index contributed by atoms with van der Waals surface area (Å²) in [5.41, 5.74) is 2.43. The van der Waals surface area contributed by atoms with Crippen molar-refractivity contribution in [3.8, 4) is 11.5 Å². The molecule has 4 rings (SSSR count). The largest absolute Gasteiger partial charge is 0.497 e. The molecule has 10 heteroatoms. The molecule has 0 aliphatic rings. The molecule has 0 unspecified atom stereocenters. The maximum absolute atomic E-state index is 15.2. The standard InChI is InChI=1S/C25H22Cl2FN3O2S2/c1-32-19-8-5-17(23(11-19)33-2)15-31(25-29-9-10-34-25)35-24-12-20(27)22(13-21(24)28)30-14-16-3-6-18(26)7-4-16/h3-13,30H,14-15H2,1-2H3. The quantitative estimate of drug-likeness (QED) is 0.202. The summed E-state index contributed by atoms with van der Waals surface area (Å²) in [6, 6.07) is 16.1. The predicted octanol–water partition coefficient (Wildman–Crippen LogP) is 7.93. The minimum Gasteiger partial charge on any atom is -0.497 e. The minimum atomic E-state index is -0.388. The van der Waals surface area contributed by atoms with Crippen LogP contribution in [0.5, 0.6) is 11.5 Å². The van der Waals surface area contributed by atoms with E-state index in [-0.39, 0.29) is 5.82 Å². The van der Waals surface area contributed by atoms with Crippen LogP contribution in [-0.2, 0) is 13.1 Å². The third-order valence-corrected chi connectivity index (χ3v) is 7.57. The normalized spacial score (nSPS) is 10.8. The zero-order valence-corrected chi connectivity index (χ0v) is 22.1. The second kappa shape index (κ2) is 11.9. The lowest BCUT2D eigenvalue weighted by Crippen LogP contribution is -2.15. The molecular weight excluding hydrogens is 528 g/mol. The number of benzene rings is 3. The van der Waals surface area contributed by atoms with Gasteiger partial charge in [-0.1, -0.05) is 35.3 Å². The average molecular weight is 551 g/mol. The Hall–Kier alpha value is -2.65. The van der Waals surface area contributed by atoms with Crippen LogP contribution < -0.4 is 19.1 Å². The number of halogens is 3. The van der Waals surface area contributed by atoms with Crippen LogP contribution in [0.2, 0.25) is 10.0 Å². The average Bonchev–Trinajstić information content (AvgIpc) is 3.41. The Labute approximate surface area is 221 Å². The van der Waals surface area contributed by atoms with Crippen molar-refractivity contribution in [1.29, 1.82) is 0 Å². The fourth-order valence-electron chi connectivity index (χ4n) is 3.27. The molecule has 0 atom stereocenters. The molecule has 0 saturated carbocycles. The highest BCUT2D eigenvalue weighted by atomic mass is 35.5. The van der Waals surface area contributed by atoms with Crippen molar-refractivity contribution in [2.45, 2.75) is 18.0 Å². The van der Waals surface area contributed by atoms with Gasteiger partial charge in [0.2, 0.25) is 0 Å². The van der Waals surface area contributed by atoms with Crippen LogP contribution in [0.1, 0.15) is 11.1 Å². The van der Waals surface area contributed by atoms with E-state index < -0.39 is 0 Å². The summed E-state index contributed by atoms with van der Waals surface area (Å²) in [7, 11) is 3.21. The van der Waals surface area contributed by atoms with Crippen LogP contribution in [0.3, 0.4) is 0 Å². The highest BCUT2D eigenvalue weighted by Crippen LogP contribution is 2.38. The first-order valence-electron chi connectivity index (χ1n) is 10.5. The van der Waals surface area contributed by atoms with Gasteiger partial charge in [-0.2, -0.15) is 0 Å². The Morgan fingerprint density at radius 3 is 2.54 bits per heavy atom. The summed E-state index contributed by atoms with van der Waals surface area (Å²) in [6.07, 6.45) is 1.71. The Balaban J connectivity index is 1.54. The molecule has 1 N–H and O–H groups in total. The number of methoxy groups -OCH3 is 2. The molecule has 0 aliphatic carbocycles. The lowest BCUT2D eigenvalue weighted by Gasteiger charge is -2.22. The molecule has 1 heterocycles. The van der Waals surface area contributed by atoms with Crippen LogP contribution >= 0.6 is 46.5 Å². The van der Waals surface area contributed by atoms with Crippen molar-refractivity contribution < 1.29 is 13.9 Å². The van der Waals surface area contributed by atoms with E-state index in [1.54, 1.807) is 26.5 Å². The number of anilines is 2. The molecule has 0 saturated heterocycles. The Morgan fingerprint density at radius 2 is 1.86 bits per heavy atom. The van der Waals surface area contributed by atoms with Crippen molar-refractivity contribution in [2.24, 2.45) is 0 Å². The second-order valence-corrected chi connectivity index (χ2v) is 10.1. The molecule has 4 aromatic rings. The molecule has 0 radical (unpaired) electrons. The predicted molar refractivity (Wildman–Crippen MR) is 144 cm³/mol. The van der Waals surface area contributed by atoms with Crippen LogP contribution in [0.25, 0.3) is 0 Å². The fraction of sp³-hybridized carbons (Fsp3) is 0.160. The van der Waals surface area contributed by atoms with Crippen LogP contribution in [0.15, 0.2) is 71.1 Å². The van der Waals surface area contributed by atoms with E-state index in [2.05, 4.69) is 10.3 Å². The van der Waals surface area contributed by atoms with E-state index in [0.717, 1.165) is 16.3 Å². The number of nitrogens with one attached hydrogen (secondary N) is 1. The molecular formula is C25H22Cl2FN3O2S2. The van der Waals surface area contributed by atoms with Gasteiger partial charge in [0, 0.05) is 34.8 Å². The zero-order valence-electron chi connectivity index (χ0n) is 18.9. The van der Waals surface area contributed by atoms with Gasteiger partial charge >= 0.3 is 0 Å². The van der Waals surface area contributed by atoms with Gasteiger partial charge in [0.1, 0.15) is 17.3 Å². The molecule has 182 valence electrons. The lowest BCUT2D eigenvalue weighted by atomic mass is 10.2. The molecule has 0 amide bonds. The Kier molecular flexibility index (Phi) is 8.62. The number of aromatic nitrogens is 1. The zero-order chi connectivity index (χ0) is 24.8. The van der Waals surface area contributed by atoms with Gasteiger partial charge in [0.15, 0.2) is 5.13 Å². The van der Waals surface area contributed by atoms with Gasteiger partial charge < -0.3 is 14.8 Å². The number of rotatable bonds is 10. The van der Waals surface area contributed by atoms with Gasteiger partial charge in [-0.25, -0.2) is 9.37 Å². The molecule has 3 aromatic carbocycles. The molecule has 5 nitrogen and oxygen atoms in total. The van der Waals surface area contributed by atoms with E-state index in [1.807, 2.05) is 52.1 Å². The van der Waals surface area contributed by atoms with E-state index >= 15 is 4.39 Å². The lowest BCUT2D eigenvalue weighted by molar-refractivity contribution is 0.391. The first-order chi connectivity index (χ1) is 17.0. The summed E-state index contributed by atoms with van der Waals surface area (Å²) >= 11 is 15.1. The summed E-state index contributed by atoms with van der Waals surface area (Å²) in [4.78, 5) is 4.80. The Morgan fingerprint density at radius 1 is 1.06 bits per heavy atom. The summed E-state index contributed by atoms with van der Waals surface area (Å²) in [5, 5.41) is 6.88. The Bertz CT molecular complexity index is 1270.